The van der Waals surface area contributed by atoms with Gasteiger partial charge in [-0.2, -0.15) is 0 Å². The van der Waals surface area contributed by atoms with Gasteiger partial charge in [0.2, 0.25) is 35.4 Å². The van der Waals surface area contributed by atoms with Gasteiger partial charge >= 0.3 is 0 Å². The van der Waals surface area contributed by atoms with E-state index in [1.54, 1.807) is 0 Å². The lowest BCUT2D eigenvalue weighted by Crippen LogP contribution is -2.51. The summed E-state index contributed by atoms with van der Waals surface area (Å²) in [6, 6.07) is -4.88. The summed E-state index contributed by atoms with van der Waals surface area (Å²) in [6.45, 7) is 3.34. The molecule has 25 heteroatoms. The number of rotatable bonds is 48. The number of nitrogens with two attached hydrogens (primary N) is 8. The van der Waals surface area contributed by atoms with Crippen LogP contribution in [0.1, 0.15) is 141 Å². The highest BCUT2D eigenvalue weighted by atomic mass is 16.5. The number of azide groups is 1. The Morgan fingerprint density at radius 1 is 0.431 bits per heavy atom. The quantitative estimate of drug-likeness (QED) is 0.0145. The Labute approximate surface area is 427 Å². The third-order valence-corrected chi connectivity index (χ3v) is 12.0. The zero-order valence-electron chi connectivity index (χ0n) is 43.1. The number of nitrogens with one attached hydrogen (secondary N) is 6. The van der Waals surface area contributed by atoms with Crippen LogP contribution in [0.3, 0.4) is 0 Å². The highest BCUT2D eigenvalue weighted by Crippen LogP contribution is 2.18. The third-order valence-electron chi connectivity index (χ3n) is 12.0. The molecule has 6 amide bonds. The molecule has 416 valence electrons. The highest BCUT2D eigenvalue weighted by Gasteiger charge is 2.29. The fourth-order valence-electron chi connectivity index (χ4n) is 7.54. The van der Waals surface area contributed by atoms with Crippen LogP contribution in [0, 0.1) is 5.92 Å². The molecule has 0 heterocycles. The first-order valence-corrected chi connectivity index (χ1v) is 26.3. The summed E-state index contributed by atoms with van der Waals surface area (Å²) in [5, 5.41) is 20.4. The van der Waals surface area contributed by atoms with E-state index in [1.807, 2.05) is 0 Å². The van der Waals surface area contributed by atoms with Crippen molar-refractivity contribution in [2.75, 3.05) is 72.1 Å². The summed E-state index contributed by atoms with van der Waals surface area (Å²) >= 11 is 0. The fraction of sp³-hybridized carbons (Fsp3) is 0.851. The van der Waals surface area contributed by atoms with E-state index in [1.165, 1.54) is 0 Å². The first-order chi connectivity index (χ1) is 34.7. The van der Waals surface area contributed by atoms with E-state index in [9.17, 15) is 33.6 Å². The van der Waals surface area contributed by atoms with E-state index in [-0.39, 0.29) is 76.1 Å². The number of carbonyl (C=O) groups excluding carboxylic acids is 7. The largest absolute Gasteiger partial charge is 0.379 e. The topological polar surface area (TPSA) is 458 Å². The van der Waals surface area contributed by atoms with E-state index in [0.29, 0.717) is 129 Å². The van der Waals surface area contributed by atoms with Gasteiger partial charge in [0.1, 0.15) is 6.04 Å². The molecule has 0 aromatic rings. The zero-order valence-corrected chi connectivity index (χ0v) is 43.1. The highest BCUT2D eigenvalue weighted by molar-refractivity contribution is 5.93. The molecule has 22 N–H and O–H groups in total. The average Bonchev–Trinajstić information content (AvgIpc) is 3.36. The first kappa shape index (κ1) is 67.4. The molecular weight excluding hydrogens is 931 g/mol. The van der Waals surface area contributed by atoms with Crippen molar-refractivity contribution in [2.24, 2.45) is 56.9 Å². The minimum absolute atomic E-state index is 0.120. The summed E-state index contributed by atoms with van der Waals surface area (Å²) in [4.78, 5) is 95.2. The molecular formula is C47H95N17O8. The molecule has 7 atom stereocenters. The van der Waals surface area contributed by atoms with Crippen LogP contribution in [0.4, 0.5) is 0 Å². The van der Waals surface area contributed by atoms with Crippen LogP contribution < -0.4 is 77.8 Å². The Bertz CT molecular complexity index is 1560. The van der Waals surface area contributed by atoms with E-state index in [0.717, 1.165) is 25.7 Å². The van der Waals surface area contributed by atoms with E-state index in [2.05, 4.69) is 41.9 Å². The molecule has 0 saturated carbocycles. The summed E-state index contributed by atoms with van der Waals surface area (Å²) in [6.07, 6.45) is 10.9. The van der Waals surface area contributed by atoms with Crippen LogP contribution in [-0.2, 0) is 38.3 Å². The maximum Gasteiger partial charge on any atom is 0.242 e. The van der Waals surface area contributed by atoms with E-state index < -0.39 is 65.8 Å². The number of unbranched alkanes of at least 4 members (excludes halogenated alkanes) is 7. The lowest BCUT2D eigenvalue weighted by Gasteiger charge is -2.23. The Kier molecular flexibility index (Phi) is 42.2. The Morgan fingerprint density at radius 3 is 1.25 bits per heavy atom. The maximum absolute atomic E-state index is 14.1. The molecule has 0 aromatic carbocycles. The lowest BCUT2D eigenvalue weighted by atomic mass is 9.91. The number of nitrogens with zero attached hydrogens (tertiary/aromatic N) is 3. The van der Waals surface area contributed by atoms with Gasteiger partial charge in [0.05, 0.1) is 43.4 Å². The number of hydrogen-bond donors (Lipinski definition) is 14. The fourth-order valence-corrected chi connectivity index (χ4v) is 7.54. The van der Waals surface area contributed by atoms with Crippen LogP contribution in [0.2, 0.25) is 0 Å². The van der Waals surface area contributed by atoms with Gasteiger partial charge < -0.3 is 82.5 Å². The van der Waals surface area contributed by atoms with Crippen LogP contribution in [0.5, 0.6) is 0 Å². The number of ketones is 1. The molecule has 25 nitrogen and oxygen atoms in total. The number of Topliss-reactive ketones (excluding diaryl/α,β-unsaturated/α-hetero) is 1. The van der Waals surface area contributed by atoms with Crippen molar-refractivity contribution in [1.82, 2.24) is 31.9 Å². The van der Waals surface area contributed by atoms with Crippen molar-refractivity contribution in [3.63, 3.8) is 0 Å². The maximum atomic E-state index is 14.1. The second-order valence-corrected chi connectivity index (χ2v) is 18.3. The van der Waals surface area contributed by atoms with Gasteiger partial charge in [0.15, 0.2) is 5.78 Å². The molecule has 0 aliphatic rings. The number of amides is 6. The SMILES string of the molecule is [N-]=[N+]=NCCOCCNC(=O)[C@H](CCCCNC(=O)[C@H](CCCCNC(=O)[C@@H](N)CCCCN)NC(=O)[C@@H](N)CCCCN)CC(=O)[C@H](CCCCNC(=O)[C@@H](N)CCCCN)NC(=O)[C@@H](N)CCCCN. The van der Waals surface area contributed by atoms with Crippen molar-refractivity contribution in [1.29, 1.82) is 0 Å². The third kappa shape index (κ3) is 34.7. The van der Waals surface area contributed by atoms with Gasteiger partial charge in [0, 0.05) is 50.0 Å². The number of carbonyl (C=O) groups is 7. The second kappa shape index (κ2) is 45.1. The van der Waals surface area contributed by atoms with Gasteiger partial charge in [0.25, 0.3) is 0 Å². The Morgan fingerprint density at radius 2 is 0.806 bits per heavy atom. The van der Waals surface area contributed by atoms with Crippen LogP contribution in [-0.4, -0.2) is 150 Å². The standard InChI is InChI=1S/C47H95N17O8/c48-22-8-1-16-35(52)43(67)57-26-13-6-20-39(62-45(69)37(54)18-3-10-24-50)41(65)33-34(42(66)60-29-31-72-32-30-61-64-56)15-5-12-28-59-47(71)40(63-46(70)38(55)19-4-11-25-51)21-7-14-27-58-44(68)36(53)17-2-9-23-49/h34-40H,1-33,48-55H2,(H,57,67)(H,58,68)(H,59,71)(H,60,66)(H,62,69)(H,63,70)/t34-,35+,36+,37+,38+,39+,40+/m1/s1. The molecule has 0 aromatic heterocycles. The lowest BCUT2D eigenvalue weighted by molar-refractivity contribution is -0.132. The van der Waals surface area contributed by atoms with Gasteiger partial charge in [-0.25, -0.2) is 0 Å². The molecule has 0 saturated heterocycles. The molecule has 0 radical (unpaired) electrons. The van der Waals surface area contributed by atoms with Crippen molar-refractivity contribution >= 4 is 41.2 Å². The van der Waals surface area contributed by atoms with Crippen LogP contribution >= 0.6 is 0 Å². The van der Waals surface area contributed by atoms with Crippen LogP contribution in [0.15, 0.2) is 5.11 Å². The van der Waals surface area contributed by atoms with Crippen molar-refractivity contribution in [3.8, 4) is 0 Å². The normalized spacial score (nSPS) is 14.1. The van der Waals surface area contributed by atoms with E-state index in [4.69, 9.17) is 56.1 Å². The van der Waals surface area contributed by atoms with Gasteiger partial charge in [-0.3, -0.25) is 33.6 Å². The first-order valence-electron chi connectivity index (χ1n) is 26.3. The number of hydrogen-bond acceptors (Lipinski definition) is 17. The molecule has 0 fully saturated rings. The summed E-state index contributed by atoms with van der Waals surface area (Å²) in [5.41, 5.74) is 55.2. The predicted molar refractivity (Wildman–Crippen MR) is 279 cm³/mol. The zero-order chi connectivity index (χ0) is 53.8. The predicted octanol–water partition coefficient (Wildman–Crippen LogP) is -1.34. The monoisotopic (exact) mass is 1030 g/mol. The Balaban J connectivity index is 5.90. The molecule has 0 rings (SSSR count). The minimum atomic E-state index is -0.966. The molecule has 0 aliphatic heterocycles. The van der Waals surface area contributed by atoms with E-state index >= 15 is 0 Å². The molecule has 0 aliphatic carbocycles. The molecule has 72 heavy (non-hydrogen) atoms. The molecule has 0 bridgehead atoms. The summed E-state index contributed by atoms with van der Waals surface area (Å²) in [5.74, 6) is -3.52. The van der Waals surface area contributed by atoms with Gasteiger partial charge in [-0.15, -0.1) is 0 Å². The number of ether oxygens (including phenoxy) is 1. The Hall–Kier alpha value is -4.56. The second-order valence-electron chi connectivity index (χ2n) is 18.3. The average molecular weight is 1030 g/mol. The smallest absolute Gasteiger partial charge is 0.242 e. The summed E-state index contributed by atoms with van der Waals surface area (Å²) in [7, 11) is 0. The van der Waals surface area contributed by atoms with Gasteiger partial charge in [-0.05, 0) is 134 Å². The van der Waals surface area contributed by atoms with Crippen molar-refractivity contribution in [2.45, 2.75) is 178 Å². The van der Waals surface area contributed by atoms with Gasteiger partial charge in [-0.1, -0.05) is 37.2 Å². The summed E-state index contributed by atoms with van der Waals surface area (Å²) < 4.78 is 5.43. The minimum Gasteiger partial charge on any atom is -0.379 e. The van der Waals surface area contributed by atoms with Crippen molar-refractivity contribution in [3.05, 3.63) is 10.4 Å². The molecule has 0 spiro atoms. The van der Waals surface area contributed by atoms with Crippen molar-refractivity contribution < 1.29 is 38.3 Å². The molecule has 0 unspecified atom stereocenters. The van der Waals surface area contributed by atoms with Crippen LogP contribution in [0.25, 0.3) is 10.4 Å².